The lowest BCUT2D eigenvalue weighted by atomic mass is 10.1. The zero-order valence-electron chi connectivity index (χ0n) is 9.27. The lowest BCUT2D eigenvalue weighted by Crippen LogP contribution is -2.05. The second-order valence-corrected chi connectivity index (χ2v) is 4.94. The van der Waals surface area contributed by atoms with Gasteiger partial charge in [0, 0.05) is 6.20 Å². The zero-order valence-corrected chi connectivity index (χ0v) is 10.8. The third-order valence-corrected chi connectivity index (χ3v) is 3.39. The minimum Gasteiger partial charge on any atom is -0.293 e. The molecular weight excluding hydrogens is 273 g/mol. The average molecular weight is 282 g/mol. The van der Waals surface area contributed by atoms with Gasteiger partial charge in [-0.1, -0.05) is 35.5 Å². The number of hydrogen-bond acceptors (Lipinski definition) is 3. The largest absolute Gasteiger partial charge is 0.293 e. The fourth-order valence-electron chi connectivity index (χ4n) is 1.35. The van der Waals surface area contributed by atoms with Gasteiger partial charge < -0.3 is 0 Å². The first kappa shape index (κ1) is 13.1. The van der Waals surface area contributed by atoms with E-state index in [0.29, 0.717) is 10.0 Å². The molecule has 2 rings (SSSR count). The van der Waals surface area contributed by atoms with Crippen LogP contribution in [0.4, 0.5) is 4.39 Å². The van der Waals surface area contributed by atoms with Crippen molar-refractivity contribution in [3.8, 4) is 0 Å². The van der Waals surface area contributed by atoms with E-state index in [4.69, 9.17) is 11.6 Å². The molecule has 0 saturated heterocycles. The third-order valence-electron chi connectivity index (χ3n) is 2.23. The summed E-state index contributed by atoms with van der Waals surface area (Å²) < 4.78 is 13.4. The molecule has 0 radical (unpaired) electrons. The maximum atomic E-state index is 13.4. The van der Waals surface area contributed by atoms with E-state index >= 15 is 0 Å². The van der Waals surface area contributed by atoms with Crippen LogP contribution in [-0.4, -0.2) is 16.5 Å². The Morgan fingerprint density at radius 2 is 2.06 bits per heavy atom. The Morgan fingerprint density at radius 3 is 2.72 bits per heavy atom. The van der Waals surface area contributed by atoms with Crippen LogP contribution in [-0.2, 0) is 0 Å². The van der Waals surface area contributed by atoms with E-state index in [0.717, 1.165) is 0 Å². The number of benzene rings is 1. The Balaban J connectivity index is 2.01. The van der Waals surface area contributed by atoms with E-state index in [1.807, 2.05) is 0 Å². The van der Waals surface area contributed by atoms with Crippen LogP contribution in [0.3, 0.4) is 0 Å². The molecule has 0 N–H and O–H groups in total. The summed E-state index contributed by atoms with van der Waals surface area (Å²) >= 11 is 6.96. The van der Waals surface area contributed by atoms with Gasteiger partial charge in [-0.25, -0.2) is 9.37 Å². The van der Waals surface area contributed by atoms with Gasteiger partial charge in [0.25, 0.3) is 0 Å². The Bertz CT molecular complexity index is 559. The number of nitrogens with zero attached hydrogens (tertiary/aromatic N) is 1. The van der Waals surface area contributed by atoms with E-state index in [1.165, 1.54) is 30.1 Å². The minimum absolute atomic E-state index is 0.110. The molecule has 0 aliphatic rings. The standard InChI is InChI=1S/C13H9ClFNOS/c14-9-5-6-13(16-7-9)18-8-12(17)10-3-1-2-4-11(10)15/h1-7H,8H2. The summed E-state index contributed by atoms with van der Waals surface area (Å²) in [6.07, 6.45) is 1.51. The number of pyridine rings is 1. The molecular formula is C13H9ClFNOS. The second kappa shape index (κ2) is 5.98. The molecule has 1 aromatic heterocycles. The molecule has 1 heterocycles. The van der Waals surface area contributed by atoms with Gasteiger partial charge in [-0.2, -0.15) is 0 Å². The van der Waals surface area contributed by atoms with E-state index in [2.05, 4.69) is 4.98 Å². The molecule has 2 nitrogen and oxygen atoms in total. The monoisotopic (exact) mass is 281 g/mol. The van der Waals surface area contributed by atoms with Crippen molar-refractivity contribution >= 4 is 29.1 Å². The maximum Gasteiger partial charge on any atom is 0.176 e. The van der Waals surface area contributed by atoms with Gasteiger partial charge >= 0.3 is 0 Å². The van der Waals surface area contributed by atoms with Gasteiger partial charge in [-0.05, 0) is 24.3 Å². The molecule has 18 heavy (non-hydrogen) atoms. The number of halogens is 2. The van der Waals surface area contributed by atoms with Crippen LogP contribution in [0.2, 0.25) is 5.02 Å². The predicted octanol–water partition coefficient (Wildman–Crippen LogP) is 3.85. The Labute approximate surface area is 113 Å². The van der Waals surface area contributed by atoms with Crippen molar-refractivity contribution < 1.29 is 9.18 Å². The highest BCUT2D eigenvalue weighted by molar-refractivity contribution is 7.99. The number of hydrogen-bond donors (Lipinski definition) is 0. The smallest absolute Gasteiger partial charge is 0.176 e. The van der Waals surface area contributed by atoms with Crippen LogP contribution in [0.15, 0.2) is 47.6 Å². The fraction of sp³-hybridized carbons (Fsp3) is 0.0769. The molecule has 2 aromatic rings. The van der Waals surface area contributed by atoms with Crippen molar-refractivity contribution in [2.75, 3.05) is 5.75 Å². The molecule has 0 atom stereocenters. The lowest BCUT2D eigenvalue weighted by molar-refractivity contribution is 0.101. The van der Waals surface area contributed by atoms with Gasteiger partial charge in [0.05, 0.1) is 21.4 Å². The second-order valence-electron chi connectivity index (χ2n) is 3.51. The minimum atomic E-state index is -0.493. The third kappa shape index (κ3) is 3.31. The number of carbonyl (C=O) groups excluding carboxylic acids is 1. The van der Waals surface area contributed by atoms with Crippen LogP contribution in [0, 0.1) is 5.82 Å². The molecule has 0 bridgehead atoms. The summed E-state index contributed by atoms with van der Waals surface area (Å²) in [7, 11) is 0. The fourth-order valence-corrected chi connectivity index (χ4v) is 2.19. The predicted molar refractivity (Wildman–Crippen MR) is 70.7 cm³/mol. The highest BCUT2D eigenvalue weighted by Crippen LogP contribution is 2.19. The Morgan fingerprint density at radius 1 is 1.28 bits per heavy atom. The molecule has 0 aliphatic heterocycles. The first-order valence-electron chi connectivity index (χ1n) is 5.19. The average Bonchev–Trinajstić information content (AvgIpc) is 2.38. The van der Waals surface area contributed by atoms with Gasteiger partial charge in [0.1, 0.15) is 5.82 Å². The van der Waals surface area contributed by atoms with Crippen LogP contribution in [0.5, 0.6) is 0 Å². The van der Waals surface area contributed by atoms with Gasteiger partial charge in [-0.3, -0.25) is 4.79 Å². The molecule has 0 fully saturated rings. The van der Waals surface area contributed by atoms with E-state index in [1.54, 1.807) is 24.3 Å². The topological polar surface area (TPSA) is 30.0 Å². The number of Topliss-reactive ketones (excluding diaryl/α,β-unsaturated/α-hetero) is 1. The molecule has 92 valence electrons. The van der Waals surface area contributed by atoms with Crippen LogP contribution in [0.25, 0.3) is 0 Å². The number of aromatic nitrogens is 1. The number of thioether (sulfide) groups is 1. The van der Waals surface area contributed by atoms with Crippen molar-refractivity contribution in [1.82, 2.24) is 4.98 Å². The molecule has 1 aromatic carbocycles. The summed E-state index contributed by atoms with van der Waals surface area (Å²) in [6, 6.07) is 9.37. The van der Waals surface area contributed by atoms with Crippen molar-refractivity contribution in [3.05, 3.63) is 59.0 Å². The zero-order chi connectivity index (χ0) is 13.0. The molecule has 0 saturated carbocycles. The summed E-state index contributed by atoms with van der Waals surface area (Å²) in [5.74, 6) is -0.600. The molecule has 0 amide bonds. The van der Waals surface area contributed by atoms with Gasteiger partial charge in [0.15, 0.2) is 5.78 Å². The van der Waals surface area contributed by atoms with Crippen molar-refractivity contribution in [3.63, 3.8) is 0 Å². The number of ketones is 1. The number of carbonyl (C=O) groups is 1. The quantitative estimate of drug-likeness (QED) is 0.630. The number of rotatable bonds is 4. The summed E-state index contributed by atoms with van der Waals surface area (Å²) in [5, 5.41) is 1.23. The molecule has 0 spiro atoms. The highest BCUT2D eigenvalue weighted by Gasteiger charge is 2.11. The molecule has 0 aliphatic carbocycles. The van der Waals surface area contributed by atoms with Crippen molar-refractivity contribution in [2.45, 2.75) is 5.03 Å². The summed E-state index contributed by atoms with van der Waals surface area (Å²) in [4.78, 5) is 15.8. The van der Waals surface area contributed by atoms with E-state index in [-0.39, 0.29) is 17.1 Å². The Hall–Kier alpha value is -1.39. The van der Waals surface area contributed by atoms with Crippen LogP contribution >= 0.6 is 23.4 Å². The van der Waals surface area contributed by atoms with Crippen molar-refractivity contribution in [1.29, 1.82) is 0 Å². The normalized spacial score (nSPS) is 10.3. The van der Waals surface area contributed by atoms with Gasteiger partial charge in [-0.15, -0.1) is 0 Å². The molecule has 0 unspecified atom stereocenters. The first-order valence-corrected chi connectivity index (χ1v) is 6.55. The van der Waals surface area contributed by atoms with Crippen molar-refractivity contribution in [2.24, 2.45) is 0 Å². The molecule has 5 heteroatoms. The first-order chi connectivity index (χ1) is 8.66. The highest BCUT2D eigenvalue weighted by atomic mass is 35.5. The summed E-state index contributed by atoms with van der Waals surface area (Å²) in [6.45, 7) is 0. The van der Waals surface area contributed by atoms with E-state index in [9.17, 15) is 9.18 Å². The SMILES string of the molecule is O=C(CSc1ccc(Cl)cn1)c1ccccc1F. The van der Waals surface area contributed by atoms with Crippen LogP contribution < -0.4 is 0 Å². The maximum absolute atomic E-state index is 13.4. The lowest BCUT2D eigenvalue weighted by Gasteiger charge is -2.02. The van der Waals surface area contributed by atoms with Gasteiger partial charge in [0.2, 0.25) is 0 Å². The summed E-state index contributed by atoms with van der Waals surface area (Å²) in [5.41, 5.74) is 0.110. The van der Waals surface area contributed by atoms with E-state index < -0.39 is 5.82 Å². The van der Waals surface area contributed by atoms with Crippen LogP contribution in [0.1, 0.15) is 10.4 Å². The Kier molecular flexibility index (Phi) is 4.33.